The summed E-state index contributed by atoms with van der Waals surface area (Å²) in [6.07, 6.45) is 0.276. The smallest absolute Gasteiger partial charge is 0.328 e. The third-order valence-electron chi connectivity index (χ3n) is 6.11. The third kappa shape index (κ3) is 2.32. The van der Waals surface area contributed by atoms with Gasteiger partial charge in [0, 0.05) is 31.0 Å². The molecule has 0 aromatic heterocycles. The Morgan fingerprint density at radius 1 is 0.857 bits per heavy atom. The van der Waals surface area contributed by atoms with Crippen LogP contribution in [0.1, 0.15) is 5.56 Å². The van der Waals surface area contributed by atoms with Crippen molar-refractivity contribution in [1.29, 1.82) is 0 Å². The van der Waals surface area contributed by atoms with E-state index in [1.807, 2.05) is 54.6 Å². The van der Waals surface area contributed by atoms with Gasteiger partial charge in [0.1, 0.15) is 0 Å². The molecule has 2 fully saturated rings. The van der Waals surface area contributed by atoms with Gasteiger partial charge in [-0.1, -0.05) is 36.4 Å². The maximum atomic E-state index is 13.1. The summed E-state index contributed by atoms with van der Waals surface area (Å²) in [4.78, 5) is 42.2. The Morgan fingerprint density at radius 2 is 1.54 bits per heavy atom. The fraction of sp³-hybridized carbons (Fsp3) is 0.286. The Hall–Kier alpha value is -3.35. The highest BCUT2D eigenvalue weighted by molar-refractivity contribution is 6.20. The first-order chi connectivity index (χ1) is 13.6. The Bertz CT molecular complexity index is 955. The number of para-hydroxylation sites is 2. The molecule has 1 atom stereocenters. The lowest BCUT2D eigenvalue weighted by Gasteiger charge is -2.54. The van der Waals surface area contributed by atoms with E-state index in [0.29, 0.717) is 13.1 Å². The average Bonchev–Trinajstić information content (AvgIpc) is 2.72. The van der Waals surface area contributed by atoms with Crippen LogP contribution in [0.3, 0.4) is 0 Å². The maximum absolute atomic E-state index is 13.1. The summed E-state index contributed by atoms with van der Waals surface area (Å²) in [6.45, 7) is 1.99. The van der Waals surface area contributed by atoms with E-state index in [1.165, 1.54) is 0 Å². The molecule has 142 valence electrons. The summed E-state index contributed by atoms with van der Waals surface area (Å²) in [5.74, 6) is -1.03. The van der Waals surface area contributed by atoms with Gasteiger partial charge in [0.2, 0.25) is 11.8 Å². The molecule has 3 aliphatic heterocycles. The quantitative estimate of drug-likeness (QED) is 0.733. The number of nitrogens with one attached hydrogen (secondary N) is 2. The molecule has 2 N–H and O–H groups in total. The van der Waals surface area contributed by atoms with E-state index in [2.05, 4.69) is 20.4 Å². The van der Waals surface area contributed by atoms with E-state index >= 15 is 0 Å². The van der Waals surface area contributed by atoms with E-state index in [-0.39, 0.29) is 12.5 Å². The number of hydrogen-bond donors (Lipinski definition) is 2. The van der Waals surface area contributed by atoms with Gasteiger partial charge in [0.15, 0.2) is 5.41 Å². The number of piperazine rings is 1. The van der Waals surface area contributed by atoms with Crippen molar-refractivity contribution in [1.82, 2.24) is 10.6 Å². The summed E-state index contributed by atoms with van der Waals surface area (Å²) < 4.78 is 0. The Kier molecular flexibility index (Phi) is 3.65. The number of carbonyl (C=O) groups is 3. The standard InChI is InChI=1S/C21H20N4O3/c26-18-21(19(27)23-20(28)22-18)12-14-6-4-5-9-16(14)25-11-10-24(13-17(21)25)15-7-2-1-3-8-15/h1-9,17H,10-13H2,(H2,22,23,26,27,28)/t17-/m1/s1. The summed E-state index contributed by atoms with van der Waals surface area (Å²) in [7, 11) is 0. The van der Waals surface area contributed by atoms with Crippen LogP contribution in [-0.4, -0.2) is 43.5 Å². The van der Waals surface area contributed by atoms with Gasteiger partial charge in [-0.2, -0.15) is 0 Å². The van der Waals surface area contributed by atoms with Crippen molar-refractivity contribution in [3.8, 4) is 0 Å². The molecule has 28 heavy (non-hydrogen) atoms. The normalized spacial score (nSPS) is 23.0. The molecule has 0 bridgehead atoms. The van der Waals surface area contributed by atoms with Crippen LogP contribution in [0.5, 0.6) is 0 Å². The van der Waals surface area contributed by atoms with Crippen molar-refractivity contribution >= 4 is 29.2 Å². The third-order valence-corrected chi connectivity index (χ3v) is 6.11. The van der Waals surface area contributed by atoms with Gasteiger partial charge in [-0.05, 0) is 30.2 Å². The molecule has 7 heteroatoms. The molecule has 2 aromatic carbocycles. The molecule has 1 spiro atoms. The zero-order chi connectivity index (χ0) is 19.3. The maximum Gasteiger partial charge on any atom is 0.328 e. The summed E-state index contributed by atoms with van der Waals surface area (Å²) >= 11 is 0. The van der Waals surface area contributed by atoms with Crippen LogP contribution in [0.25, 0.3) is 0 Å². The first kappa shape index (κ1) is 16.8. The fourth-order valence-corrected chi connectivity index (χ4v) is 4.75. The van der Waals surface area contributed by atoms with Crippen LogP contribution in [0.2, 0.25) is 0 Å². The zero-order valence-electron chi connectivity index (χ0n) is 15.2. The molecule has 0 unspecified atom stereocenters. The molecule has 5 rings (SSSR count). The molecular weight excluding hydrogens is 356 g/mol. The molecular formula is C21H20N4O3. The molecule has 3 aliphatic rings. The number of imide groups is 2. The number of barbiturate groups is 1. The highest BCUT2D eigenvalue weighted by Gasteiger charge is 2.60. The van der Waals surface area contributed by atoms with Crippen molar-refractivity contribution < 1.29 is 14.4 Å². The molecule has 3 heterocycles. The number of anilines is 2. The Morgan fingerprint density at radius 3 is 2.29 bits per heavy atom. The zero-order valence-corrected chi connectivity index (χ0v) is 15.2. The van der Waals surface area contributed by atoms with Crippen LogP contribution in [0.4, 0.5) is 16.2 Å². The van der Waals surface area contributed by atoms with Crippen molar-refractivity contribution in [3.63, 3.8) is 0 Å². The molecule has 0 aliphatic carbocycles. The Labute approximate surface area is 162 Å². The summed E-state index contributed by atoms with van der Waals surface area (Å²) in [6, 6.07) is 16.7. The second-order valence-corrected chi connectivity index (χ2v) is 7.50. The van der Waals surface area contributed by atoms with E-state index in [0.717, 1.165) is 23.5 Å². The molecule has 7 nitrogen and oxygen atoms in total. The highest BCUT2D eigenvalue weighted by Crippen LogP contribution is 2.44. The minimum absolute atomic E-state index is 0.276. The van der Waals surface area contributed by atoms with Gasteiger partial charge in [0.05, 0.1) is 6.04 Å². The molecule has 2 aromatic rings. The molecule has 0 saturated carbocycles. The number of benzene rings is 2. The monoisotopic (exact) mass is 376 g/mol. The first-order valence-electron chi connectivity index (χ1n) is 9.41. The van der Waals surface area contributed by atoms with Gasteiger partial charge in [-0.15, -0.1) is 0 Å². The molecule has 2 saturated heterocycles. The predicted octanol–water partition coefficient (Wildman–Crippen LogP) is 1.29. The number of fused-ring (bicyclic) bond motifs is 4. The van der Waals surface area contributed by atoms with Crippen molar-refractivity contribution in [3.05, 3.63) is 60.2 Å². The van der Waals surface area contributed by atoms with Gasteiger partial charge < -0.3 is 9.80 Å². The summed E-state index contributed by atoms with van der Waals surface area (Å²) in [5.41, 5.74) is 1.73. The number of rotatable bonds is 1. The van der Waals surface area contributed by atoms with E-state index in [4.69, 9.17) is 0 Å². The molecule has 4 amide bonds. The number of hydrogen-bond acceptors (Lipinski definition) is 5. The van der Waals surface area contributed by atoms with Crippen LogP contribution in [0, 0.1) is 5.41 Å². The molecule has 0 radical (unpaired) electrons. The van der Waals surface area contributed by atoms with Crippen molar-refractivity contribution in [2.75, 3.05) is 29.4 Å². The number of carbonyl (C=O) groups excluding carboxylic acids is 3. The number of nitrogens with zero attached hydrogens (tertiary/aromatic N) is 2. The van der Waals surface area contributed by atoms with Crippen LogP contribution < -0.4 is 20.4 Å². The lowest BCUT2D eigenvalue weighted by molar-refractivity contribution is -0.146. The Balaban J connectivity index is 1.61. The lowest BCUT2D eigenvalue weighted by Crippen LogP contribution is -2.74. The van der Waals surface area contributed by atoms with Crippen LogP contribution in [-0.2, 0) is 16.0 Å². The largest absolute Gasteiger partial charge is 0.368 e. The van der Waals surface area contributed by atoms with Crippen molar-refractivity contribution in [2.45, 2.75) is 12.5 Å². The minimum Gasteiger partial charge on any atom is -0.368 e. The number of amides is 4. The van der Waals surface area contributed by atoms with Crippen molar-refractivity contribution in [2.24, 2.45) is 5.41 Å². The summed E-state index contributed by atoms with van der Waals surface area (Å²) in [5, 5.41) is 4.67. The SMILES string of the molecule is O=C1NC(=O)C2(Cc3ccccc3N3CCN(c4ccccc4)C[C@@H]32)C(=O)N1. The van der Waals surface area contributed by atoms with Gasteiger partial charge in [0.25, 0.3) is 0 Å². The first-order valence-corrected chi connectivity index (χ1v) is 9.41. The van der Waals surface area contributed by atoms with Crippen LogP contribution in [0.15, 0.2) is 54.6 Å². The second-order valence-electron chi connectivity index (χ2n) is 7.50. The van der Waals surface area contributed by atoms with Gasteiger partial charge in [-0.25, -0.2) is 4.79 Å². The minimum atomic E-state index is -1.34. The second kappa shape index (κ2) is 6.09. The predicted molar refractivity (Wildman–Crippen MR) is 104 cm³/mol. The highest BCUT2D eigenvalue weighted by atomic mass is 16.2. The van der Waals surface area contributed by atoms with Gasteiger partial charge >= 0.3 is 6.03 Å². The van der Waals surface area contributed by atoms with E-state index < -0.39 is 23.3 Å². The average molecular weight is 376 g/mol. The topological polar surface area (TPSA) is 81.8 Å². The lowest BCUT2D eigenvalue weighted by atomic mass is 9.68. The van der Waals surface area contributed by atoms with E-state index in [1.54, 1.807) is 0 Å². The van der Waals surface area contributed by atoms with Gasteiger partial charge in [-0.3, -0.25) is 20.2 Å². The number of urea groups is 1. The van der Waals surface area contributed by atoms with E-state index in [9.17, 15) is 14.4 Å². The van der Waals surface area contributed by atoms with Crippen LogP contribution >= 0.6 is 0 Å². The fourth-order valence-electron chi connectivity index (χ4n) is 4.75.